The molecule has 0 spiro atoms. The van der Waals surface area contributed by atoms with Crippen LogP contribution in [0.25, 0.3) is 0 Å². The average molecular weight is 204 g/mol. The number of aliphatic hydroxyl groups excluding tert-OH is 2. The van der Waals surface area contributed by atoms with Gasteiger partial charge in [-0.05, 0) is 18.1 Å². The van der Waals surface area contributed by atoms with Crippen molar-refractivity contribution in [3.05, 3.63) is 59.7 Å². The zero-order valence-electron chi connectivity index (χ0n) is 8.85. The molecule has 0 amide bonds. The Hall–Kier alpha value is -1.38. The largest absolute Gasteiger partial charge is 0.392 e. The van der Waals surface area contributed by atoms with Crippen LogP contribution in [0.1, 0.15) is 18.6 Å². The summed E-state index contributed by atoms with van der Waals surface area (Å²) in [6.45, 7) is 5.50. The van der Waals surface area contributed by atoms with Crippen molar-refractivity contribution in [3.63, 3.8) is 0 Å². The summed E-state index contributed by atoms with van der Waals surface area (Å²) in [5, 5.41) is 18.9. The molecule has 0 aliphatic heterocycles. The van der Waals surface area contributed by atoms with E-state index in [-0.39, 0.29) is 6.61 Å². The van der Waals surface area contributed by atoms with Crippen LogP contribution in [0.2, 0.25) is 0 Å². The van der Waals surface area contributed by atoms with Gasteiger partial charge in [0.1, 0.15) is 6.10 Å². The molecule has 0 radical (unpaired) electrons. The second kappa shape index (κ2) is 5.49. The Morgan fingerprint density at radius 1 is 1.40 bits per heavy atom. The minimum Gasteiger partial charge on any atom is -0.392 e. The zero-order chi connectivity index (χ0) is 11.3. The molecule has 0 saturated heterocycles. The van der Waals surface area contributed by atoms with Gasteiger partial charge in [-0.2, -0.15) is 0 Å². The first-order chi connectivity index (χ1) is 7.16. The van der Waals surface area contributed by atoms with Gasteiger partial charge < -0.3 is 10.2 Å². The van der Waals surface area contributed by atoms with E-state index >= 15 is 0 Å². The first-order valence-corrected chi connectivity index (χ1v) is 4.86. The van der Waals surface area contributed by atoms with Crippen molar-refractivity contribution in [2.75, 3.05) is 6.61 Å². The SMILES string of the molecule is C=C(C)/C(=C/CO)C(O)c1ccccc1. The van der Waals surface area contributed by atoms with Crippen LogP contribution in [0.5, 0.6) is 0 Å². The minimum atomic E-state index is -0.712. The summed E-state index contributed by atoms with van der Waals surface area (Å²) >= 11 is 0. The van der Waals surface area contributed by atoms with Gasteiger partial charge in [-0.1, -0.05) is 48.6 Å². The molecule has 2 heteroatoms. The molecule has 1 atom stereocenters. The van der Waals surface area contributed by atoms with Gasteiger partial charge in [0.15, 0.2) is 0 Å². The molecule has 0 bridgehead atoms. The quantitative estimate of drug-likeness (QED) is 0.738. The third kappa shape index (κ3) is 3.05. The lowest BCUT2D eigenvalue weighted by molar-refractivity contribution is 0.216. The summed E-state index contributed by atoms with van der Waals surface area (Å²) < 4.78 is 0. The molecule has 2 N–H and O–H groups in total. The van der Waals surface area contributed by atoms with E-state index in [2.05, 4.69) is 6.58 Å². The Balaban J connectivity index is 2.96. The molecule has 1 unspecified atom stereocenters. The lowest BCUT2D eigenvalue weighted by Crippen LogP contribution is -2.03. The van der Waals surface area contributed by atoms with Crippen molar-refractivity contribution >= 4 is 0 Å². The van der Waals surface area contributed by atoms with Crippen molar-refractivity contribution in [2.24, 2.45) is 0 Å². The van der Waals surface area contributed by atoms with Crippen LogP contribution in [-0.4, -0.2) is 16.8 Å². The van der Waals surface area contributed by atoms with Gasteiger partial charge in [-0.15, -0.1) is 0 Å². The molecular formula is C13H16O2. The second-order valence-corrected chi connectivity index (χ2v) is 3.44. The standard InChI is InChI=1S/C13H16O2/c1-10(2)12(8-9-14)13(15)11-6-4-3-5-7-11/h3-8,13-15H,1,9H2,2H3/b12-8-. The van der Waals surface area contributed by atoms with Gasteiger partial charge >= 0.3 is 0 Å². The highest BCUT2D eigenvalue weighted by Gasteiger charge is 2.12. The number of rotatable bonds is 4. The third-order valence-electron chi connectivity index (χ3n) is 2.21. The van der Waals surface area contributed by atoms with Crippen molar-refractivity contribution in [1.82, 2.24) is 0 Å². The Kier molecular flexibility index (Phi) is 4.28. The summed E-state index contributed by atoms with van der Waals surface area (Å²) in [6.07, 6.45) is 0.871. The normalized spacial score (nSPS) is 13.7. The predicted molar refractivity (Wildman–Crippen MR) is 61.4 cm³/mol. The van der Waals surface area contributed by atoms with E-state index in [1.165, 1.54) is 0 Å². The minimum absolute atomic E-state index is 0.0912. The topological polar surface area (TPSA) is 40.5 Å². The van der Waals surface area contributed by atoms with Crippen molar-refractivity contribution in [3.8, 4) is 0 Å². The highest BCUT2D eigenvalue weighted by atomic mass is 16.3. The average Bonchev–Trinajstić information content (AvgIpc) is 2.26. The van der Waals surface area contributed by atoms with Crippen LogP contribution in [-0.2, 0) is 0 Å². The van der Waals surface area contributed by atoms with Crippen LogP contribution < -0.4 is 0 Å². The lowest BCUT2D eigenvalue weighted by Gasteiger charge is -2.15. The van der Waals surface area contributed by atoms with Crippen LogP contribution in [0.15, 0.2) is 54.1 Å². The smallest absolute Gasteiger partial charge is 0.104 e. The molecule has 0 fully saturated rings. The summed E-state index contributed by atoms with van der Waals surface area (Å²) in [5.41, 5.74) is 2.24. The summed E-state index contributed by atoms with van der Waals surface area (Å²) in [4.78, 5) is 0. The third-order valence-corrected chi connectivity index (χ3v) is 2.21. The Morgan fingerprint density at radius 3 is 2.47 bits per heavy atom. The molecule has 80 valence electrons. The second-order valence-electron chi connectivity index (χ2n) is 3.44. The van der Waals surface area contributed by atoms with E-state index in [4.69, 9.17) is 5.11 Å². The summed E-state index contributed by atoms with van der Waals surface area (Å²) in [6, 6.07) is 9.32. The Labute approximate surface area is 90.2 Å². The van der Waals surface area contributed by atoms with Gasteiger partial charge in [-0.3, -0.25) is 0 Å². The van der Waals surface area contributed by atoms with Gasteiger partial charge in [0.05, 0.1) is 6.61 Å². The number of hydrogen-bond acceptors (Lipinski definition) is 2. The zero-order valence-corrected chi connectivity index (χ0v) is 8.85. The van der Waals surface area contributed by atoms with Gasteiger partial charge in [-0.25, -0.2) is 0 Å². The monoisotopic (exact) mass is 204 g/mol. The highest BCUT2D eigenvalue weighted by Crippen LogP contribution is 2.25. The van der Waals surface area contributed by atoms with Crippen molar-refractivity contribution in [2.45, 2.75) is 13.0 Å². The fourth-order valence-electron chi connectivity index (χ4n) is 1.43. The fourth-order valence-corrected chi connectivity index (χ4v) is 1.43. The molecule has 1 aromatic rings. The molecule has 15 heavy (non-hydrogen) atoms. The van der Waals surface area contributed by atoms with E-state index in [1.807, 2.05) is 37.3 Å². The van der Waals surface area contributed by atoms with E-state index < -0.39 is 6.10 Å². The number of aliphatic hydroxyl groups is 2. The van der Waals surface area contributed by atoms with Crippen LogP contribution in [0, 0.1) is 0 Å². The first kappa shape index (κ1) is 11.7. The molecule has 1 rings (SSSR count). The molecule has 0 heterocycles. The lowest BCUT2D eigenvalue weighted by atomic mass is 9.97. The van der Waals surface area contributed by atoms with Gasteiger partial charge in [0.25, 0.3) is 0 Å². The van der Waals surface area contributed by atoms with Crippen LogP contribution in [0.4, 0.5) is 0 Å². The van der Waals surface area contributed by atoms with Crippen molar-refractivity contribution in [1.29, 1.82) is 0 Å². The van der Waals surface area contributed by atoms with E-state index in [1.54, 1.807) is 6.08 Å². The van der Waals surface area contributed by atoms with Crippen LogP contribution in [0.3, 0.4) is 0 Å². The van der Waals surface area contributed by atoms with Gasteiger partial charge in [0, 0.05) is 0 Å². The molecule has 0 aliphatic carbocycles. The predicted octanol–water partition coefficient (Wildman–Crippen LogP) is 2.21. The summed E-state index contributed by atoms with van der Waals surface area (Å²) in [5.74, 6) is 0. The maximum Gasteiger partial charge on any atom is 0.104 e. The molecular weight excluding hydrogens is 188 g/mol. The maximum absolute atomic E-state index is 10.0. The molecule has 0 saturated carbocycles. The first-order valence-electron chi connectivity index (χ1n) is 4.86. The number of benzene rings is 1. The number of hydrogen-bond donors (Lipinski definition) is 2. The molecule has 2 nitrogen and oxygen atoms in total. The summed E-state index contributed by atoms with van der Waals surface area (Å²) in [7, 11) is 0. The molecule has 1 aromatic carbocycles. The van der Waals surface area contributed by atoms with E-state index in [0.717, 1.165) is 11.1 Å². The van der Waals surface area contributed by atoms with E-state index in [0.29, 0.717) is 5.57 Å². The molecule has 0 aliphatic rings. The molecule has 0 aromatic heterocycles. The highest BCUT2D eigenvalue weighted by molar-refractivity contribution is 5.36. The maximum atomic E-state index is 10.0. The van der Waals surface area contributed by atoms with Crippen molar-refractivity contribution < 1.29 is 10.2 Å². The fraction of sp³-hybridized carbons (Fsp3) is 0.231. The van der Waals surface area contributed by atoms with Crippen LogP contribution >= 0.6 is 0 Å². The van der Waals surface area contributed by atoms with E-state index in [9.17, 15) is 5.11 Å². The Morgan fingerprint density at radius 2 is 2.00 bits per heavy atom. The van der Waals surface area contributed by atoms with Gasteiger partial charge in [0.2, 0.25) is 0 Å². The Bertz CT molecular complexity index is 352.